The van der Waals surface area contributed by atoms with Gasteiger partial charge in [0, 0.05) is 0 Å². The van der Waals surface area contributed by atoms with E-state index in [0.29, 0.717) is 11.8 Å². The van der Waals surface area contributed by atoms with Gasteiger partial charge in [0.1, 0.15) is 9.52 Å². The molecular weight excluding hydrogens is 152 g/mol. The quantitative estimate of drug-likeness (QED) is 0.473. The van der Waals surface area contributed by atoms with Crippen LogP contribution >= 0.6 is 0 Å². The van der Waals surface area contributed by atoms with Gasteiger partial charge in [0.2, 0.25) is 0 Å². The third-order valence-electron chi connectivity index (χ3n) is 1.77. The zero-order valence-corrected chi connectivity index (χ0v) is 9.28. The molecule has 0 spiro atoms. The van der Waals surface area contributed by atoms with Crippen LogP contribution in [0.2, 0.25) is 0 Å². The molecule has 3 heteroatoms. The van der Waals surface area contributed by atoms with Crippen molar-refractivity contribution in [1.82, 2.24) is 0 Å². The Morgan fingerprint density at radius 1 is 0.909 bits per heavy atom. The number of hydrogen-bond acceptors (Lipinski definition) is 2. The van der Waals surface area contributed by atoms with Gasteiger partial charge in [0.15, 0.2) is 0 Å². The molecule has 2 nitrogen and oxygen atoms in total. The normalized spacial score (nSPS) is 11.8. The Morgan fingerprint density at radius 3 is 1.36 bits per heavy atom. The van der Waals surface area contributed by atoms with Crippen LogP contribution in [0.4, 0.5) is 0 Å². The fourth-order valence-electron chi connectivity index (χ4n) is 0.613. The van der Waals surface area contributed by atoms with E-state index in [4.69, 9.17) is 10.8 Å². The van der Waals surface area contributed by atoms with Crippen molar-refractivity contribution in [2.75, 3.05) is 0 Å². The van der Waals surface area contributed by atoms with E-state index in [1.807, 2.05) is 27.7 Å². The molecule has 0 atom stereocenters. The molecule has 0 heterocycles. The predicted octanol–water partition coefficient (Wildman–Crippen LogP) is 1.42. The summed E-state index contributed by atoms with van der Waals surface area (Å²) in [4.78, 5) is 0. The molecule has 0 aromatic rings. The molecule has 2 N–H and O–H groups in total. The molecule has 0 saturated carbocycles. The maximum Gasteiger partial charge on any atom is 0.122 e. The minimum absolute atomic E-state index is 0.348. The van der Waals surface area contributed by atoms with Crippen molar-refractivity contribution in [3.63, 3.8) is 0 Å². The largest absolute Gasteiger partial charge is 0.314 e. The average Bonchev–Trinajstić information content (AvgIpc) is 1.87. The van der Waals surface area contributed by atoms with E-state index >= 15 is 0 Å². The topological polar surface area (TPSA) is 47.7 Å². The highest BCUT2D eigenvalue weighted by atomic mass is 28.2. The maximum absolute atomic E-state index is 7.59. The zero-order chi connectivity index (χ0) is 9.02. The van der Waals surface area contributed by atoms with E-state index in [1.165, 1.54) is 0 Å². The lowest BCUT2D eigenvalue weighted by atomic mass is 10.2. The highest BCUT2D eigenvalue weighted by molar-refractivity contribution is 6.98. The van der Waals surface area contributed by atoms with Crippen LogP contribution in [-0.2, 0) is 0 Å². The van der Waals surface area contributed by atoms with Gasteiger partial charge >= 0.3 is 0 Å². The standard InChI is InChI=1S/C8H18N2Si/c1-5(2)7(9)11-8(10)6(3)4/h5-6,9-10H,11H2,1-4H3. The van der Waals surface area contributed by atoms with Crippen LogP contribution in [0.5, 0.6) is 0 Å². The molecule has 0 saturated heterocycles. The summed E-state index contributed by atoms with van der Waals surface area (Å²) in [5.41, 5.74) is 0. The Labute approximate surface area is 71.2 Å². The molecule has 11 heavy (non-hydrogen) atoms. The molecule has 0 aromatic heterocycles. The summed E-state index contributed by atoms with van der Waals surface area (Å²) in [6.45, 7) is 8.12. The van der Waals surface area contributed by atoms with E-state index in [2.05, 4.69) is 0 Å². The summed E-state index contributed by atoms with van der Waals surface area (Å²) in [5.74, 6) is 0.696. The van der Waals surface area contributed by atoms with Crippen LogP contribution in [0.3, 0.4) is 0 Å². The summed E-state index contributed by atoms with van der Waals surface area (Å²) in [6.07, 6.45) is 0. The summed E-state index contributed by atoms with van der Waals surface area (Å²) >= 11 is 0. The first kappa shape index (κ1) is 10.6. The summed E-state index contributed by atoms with van der Waals surface area (Å²) in [6, 6.07) is 0. The van der Waals surface area contributed by atoms with Crippen molar-refractivity contribution in [2.45, 2.75) is 27.7 Å². The summed E-state index contributed by atoms with van der Waals surface area (Å²) in [5, 5.41) is 16.8. The lowest BCUT2D eigenvalue weighted by Gasteiger charge is -2.09. The maximum atomic E-state index is 7.59. The predicted molar refractivity (Wildman–Crippen MR) is 53.7 cm³/mol. The van der Waals surface area contributed by atoms with Gasteiger partial charge in [-0.15, -0.1) is 0 Å². The van der Waals surface area contributed by atoms with Gasteiger partial charge in [-0.2, -0.15) is 0 Å². The molecule has 0 aromatic carbocycles. The average molecular weight is 170 g/mol. The molecule has 0 aliphatic carbocycles. The smallest absolute Gasteiger partial charge is 0.122 e. The summed E-state index contributed by atoms with van der Waals surface area (Å²) in [7, 11) is -0.668. The van der Waals surface area contributed by atoms with Crippen molar-refractivity contribution in [3.8, 4) is 0 Å². The van der Waals surface area contributed by atoms with E-state index < -0.39 is 9.52 Å². The van der Waals surface area contributed by atoms with Crippen LogP contribution in [-0.4, -0.2) is 20.2 Å². The molecule has 0 radical (unpaired) electrons. The molecule has 0 rings (SSSR count). The Balaban J connectivity index is 3.86. The van der Waals surface area contributed by atoms with Gasteiger partial charge in [-0.1, -0.05) is 27.7 Å². The van der Waals surface area contributed by atoms with Gasteiger partial charge in [-0.3, -0.25) is 0 Å². The molecule has 64 valence electrons. The van der Waals surface area contributed by atoms with Crippen molar-refractivity contribution < 1.29 is 0 Å². The van der Waals surface area contributed by atoms with Crippen molar-refractivity contribution in [2.24, 2.45) is 11.8 Å². The van der Waals surface area contributed by atoms with E-state index in [-0.39, 0.29) is 0 Å². The van der Waals surface area contributed by atoms with E-state index in [0.717, 1.165) is 10.7 Å². The highest BCUT2D eigenvalue weighted by Crippen LogP contribution is 1.98. The second kappa shape index (κ2) is 4.44. The first-order valence-corrected chi connectivity index (χ1v) is 5.51. The number of hydrogen-bond donors (Lipinski definition) is 2. The Bertz CT molecular complexity index is 143. The van der Waals surface area contributed by atoms with Crippen LogP contribution in [0.15, 0.2) is 0 Å². The Kier molecular flexibility index (Phi) is 4.26. The van der Waals surface area contributed by atoms with Gasteiger partial charge in [0.25, 0.3) is 0 Å². The lowest BCUT2D eigenvalue weighted by molar-refractivity contribution is 0.882. The fourth-order valence-corrected chi connectivity index (χ4v) is 1.84. The number of nitrogens with one attached hydrogen (secondary N) is 2. The number of rotatable bonds is 4. The third kappa shape index (κ3) is 4.09. The van der Waals surface area contributed by atoms with Crippen LogP contribution < -0.4 is 0 Å². The monoisotopic (exact) mass is 170 g/mol. The molecule has 0 unspecified atom stereocenters. The van der Waals surface area contributed by atoms with Crippen molar-refractivity contribution in [3.05, 3.63) is 0 Å². The van der Waals surface area contributed by atoms with E-state index in [1.54, 1.807) is 0 Å². The van der Waals surface area contributed by atoms with Crippen LogP contribution in [0, 0.1) is 22.7 Å². The van der Waals surface area contributed by atoms with Crippen LogP contribution in [0.1, 0.15) is 27.7 Å². The summed E-state index contributed by atoms with van der Waals surface area (Å²) < 4.78 is 0. The molecule has 0 fully saturated rings. The van der Waals surface area contributed by atoms with E-state index in [9.17, 15) is 0 Å². The van der Waals surface area contributed by atoms with Gasteiger partial charge < -0.3 is 10.8 Å². The Hall–Kier alpha value is -0.443. The minimum atomic E-state index is -0.668. The molecular formula is C8H18N2Si. The second-order valence-corrected chi connectivity index (χ2v) is 5.41. The lowest BCUT2D eigenvalue weighted by Crippen LogP contribution is -2.26. The zero-order valence-electron chi connectivity index (χ0n) is 7.86. The first-order chi connectivity index (χ1) is 4.95. The third-order valence-corrected chi connectivity index (χ3v) is 4.17. The molecule has 0 aliphatic rings. The minimum Gasteiger partial charge on any atom is -0.314 e. The molecule has 0 amide bonds. The van der Waals surface area contributed by atoms with Gasteiger partial charge in [0.05, 0.1) is 0 Å². The second-order valence-electron chi connectivity index (χ2n) is 3.54. The van der Waals surface area contributed by atoms with Gasteiger partial charge in [-0.25, -0.2) is 0 Å². The first-order valence-electron chi connectivity index (χ1n) is 4.09. The molecule has 0 aliphatic heterocycles. The SMILES string of the molecule is CC(C)C(=N)[SiH2]C(=N)C(C)C. The fraction of sp³-hybridized carbons (Fsp3) is 0.750. The molecule has 0 bridgehead atoms. The van der Waals surface area contributed by atoms with Gasteiger partial charge in [-0.05, 0) is 22.5 Å². The van der Waals surface area contributed by atoms with Crippen molar-refractivity contribution in [1.29, 1.82) is 10.8 Å². The Morgan fingerprint density at radius 2 is 1.18 bits per heavy atom. The van der Waals surface area contributed by atoms with Crippen molar-refractivity contribution >= 4 is 20.2 Å². The highest BCUT2D eigenvalue weighted by Gasteiger charge is 2.09. The van der Waals surface area contributed by atoms with Crippen LogP contribution in [0.25, 0.3) is 0 Å².